The lowest BCUT2D eigenvalue weighted by molar-refractivity contribution is -0.118. The summed E-state index contributed by atoms with van der Waals surface area (Å²) in [7, 11) is 1.97. The highest BCUT2D eigenvalue weighted by Crippen LogP contribution is 2.22. The number of fused-ring (bicyclic) bond motifs is 1. The second-order valence-electron chi connectivity index (χ2n) is 6.75. The molecule has 2 amide bonds. The summed E-state index contributed by atoms with van der Waals surface area (Å²) in [6, 6.07) is 19.4. The van der Waals surface area contributed by atoms with Crippen LogP contribution in [-0.4, -0.2) is 21.4 Å². The van der Waals surface area contributed by atoms with Gasteiger partial charge in [-0.15, -0.1) is 0 Å². The van der Waals surface area contributed by atoms with E-state index >= 15 is 0 Å². The minimum Gasteiger partial charge on any atom is -0.351 e. The van der Waals surface area contributed by atoms with Crippen LogP contribution in [0.1, 0.15) is 22.0 Å². The van der Waals surface area contributed by atoms with E-state index in [1.165, 1.54) is 6.20 Å². The summed E-state index contributed by atoms with van der Waals surface area (Å²) in [5, 5.41) is 6.76. The van der Waals surface area contributed by atoms with Crippen molar-refractivity contribution in [2.45, 2.75) is 6.04 Å². The summed E-state index contributed by atoms with van der Waals surface area (Å²) in [6.45, 7) is 0. The van der Waals surface area contributed by atoms with E-state index in [2.05, 4.69) is 15.6 Å². The molecule has 6 heteroatoms. The van der Waals surface area contributed by atoms with Gasteiger partial charge in [-0.2, -0.15) is 0 Å². The first-order chi connectivity index (χ1) is 14.1. The minimum absolute atomic E-state index is 0.316. The van der Waals surface area contributed by atoms with Crippen molar-refractivity contribution in [3.63, 3.8) is 0 Å². The van der Waals surface area contributed by atoms with Gasteiger partial charge in [-0.05, 0) is 42.0 Å². The number of anilines is 1. The molecule has 0 spiro atoms. The van der Waals surface area contributed by atoms with E-state index in [-0.39, 0.29) is 11.8 Å². The molecule has 29 heavy (non-hydrogen) atoms. The van der Waals surface area contributed by atoms with Crippen LogP contribution in [0.5, 0.6) is 0 Å². The van der Waals surface area contributed by atoms with Gasteiger partial charge in [0.15, 0.2) is 0 Å². The molecule has 0 unspecified atom stereocenters. The molecule has 1 atom stereocenters. The molecule has 0 saturated heterocycles. The molecule has 2 aromatic carbocycles. The van der Waals surface area contributed by atoms with Crippen LogP contribution in [0.2, 0.25) is 0 Å². The lowest BCUT2D eigenvalue weighted by Gasteiger charge is -2.19. The monoisotopic (exact) mass is 384 g/mol. The average Bonchev–Trinajstić information content (AvgIpc) is 3.13. The maximum atomic E-state index is 13.1. The number of aromatic nitrogens is 2. The highest BCUT2D eigenvalue weighted by atomic mass is 16.2. The van der Waals surface area contributed by atoms with Gasteiger partial charge in [0, 0.05) is 42.2 Å². The molecule has 0 aliphatic carbocycles. The van der Waals surface area contributed by atoms with Crippen LogP contribution in [0.4, 0.5) is 5.69 Å². The first-order valence-corrected chi connectivity index (χ1v) is 9.23. The van der Waals surface area contributed by atoms with E-state index in [4.69, 9.17) is 0 Å². The van der Waals surface area contributed by atoms with Gasteiger partial charge in [-0.25, -0.2) is 0 Å². The van der Waals surface area contributed by atoms with Crippen LogP contribution in [0.15, 0.2) is 85.3 Å². The van der Waals surface area contributed by atoms with Crippen LogP contribution in [0, 0.1) is 0 Å². The maximum absolute atomic E-state index is 13.1. The number of nitrogens with zero attached hydrogens (tertiary/aromatic N) is 2. The number of pyridine rings is 1. The number of nitrogens with one attached hydrogen (secondary N) is 2. The summed E-state index contributed by atoms with van der Waals surface area (Å²) in [4.78, 5) is 29.7. The van der Waals surface area contributed by atoms with Gasteiger partial charge < -0.3 is 15.2 Å². The number of amides is 2. The molecule has 0 aliphatic rings. The molecule has 2 heterocycles. The summed E-state index contributed by atoms with van der Waals surface area (Å²) in [5.41, 5.74) is 2.84. The zero-order valence-electron chi connectivity index (χ0n) is 15.9. The predicted octanol–water partition coefficient (Wildman–Crippen LogP) is 3.68. The Morgan fingerprint density at radius 3 is 2.59 bits per heavy atom. The molecule has 0 radical (unpaired) electrons. The third kappa shape index (κ3) is 4.01. The molecule has 0 aliphatic heterocycles. The molecular weight excluding hydrogens is 364 g/mol. The number of hydrogen-bond donors (Lipinski definition) is 2. The standard InChI is InChI=1S/C23H20N4O2/c1-27-13-11-17-14-19(9-10-20(17)27)25-23(29)21(16-6-3-2-4-7-16)26-22(28)18-8-5-12-24-15-18/h2-15,21H,1H3,(H,25,29)(H,26,28)/t21-/m0/s1. The van der Waals surface area contributed by atoms with Crippen LogP contribution >= 0.6 is 0 Å². The van der Waals surface area contributed by atoms with E-state index in [1.807, 2.05) is 72.4 Å². The number of rotatable bonds is 5. The van der Waals surface area contributed by atoms with E-state index in [1.54, 1.807) is 18.3 Å². The lowest BCUT2D eigenvalue weighted by atomic mass is 10.1. The Morgan fingerprint density at radius 2 is 1.83 bits per heavy atom. The van der Waals surface area contributed by atoms with Crippen LogP contribution < -0.4 is 10.6 Å². The third-order valence-electron chi connectivity index (χ3n) is 4.75. The van der Waals surface area contributed by atoms with E-state index < -0.39 is 6.04 Å². The molecular formula is C23H20N4O2. The van der Waals surface area contributed by atoms with Gasteiger partial charge in [-0.3, -0.25) is 14.6 Å². The topological polar surface area (TPSA) is 76.0 Å². The molecule has 2 N–H and O–H groups in total. The Labute approximate surface area is 168 Å². The summed E-state index contributed by atoms with van der Waals surface area (Å²) >= 11 is 0. The lowest BCUT2D eigenvalue weighted by Crippen LogP contribution is -2.37. The number of aryl methyl sites for hydroxylation is 1. The van der Waals surface area contributed by atoms with Crippen molar-refractivity contribution in [1.82, 2.24) is 14.9 Å². The van der Waals surface area contributed by atoms with Crippen LogP contribution in [0.3, 0.4) is 0 Å². The molecule has 2 aromatic heterocycles. The van der Waals surface area contributed by atoms with Crippen LogP contribution in [0.25, 0.3) is 10.9 Å². The van der Waals surface area contributed by atoms with Crippen molar-refractivity contribution < 1.29 is 9.59 Å². The van der Waals surface area contributed by atoms with E-state index in [9.17, 15) is 9.59 Å². The van der Waals surface area contributed by atoms with Gasteiger partial charge in [0.05, 0.1) is 5.56 Å². The van der Waals surface area contributed by atoms with E-state index in [0.717, 1.165) is 10.9 Å². The van der Waals surface area contributed by atoms with Gasteiger partial charge in [-0.1, -0.05) is 30.3 Å². The highest BCUT2D eigenvalue weighted by molar-refractivity contribution is 6.02. The number of benzene rings is 2. The Morgan fingerprint density at radius 1 is 1.00 bits per heavy atom. The van der Waals surface area contributed by atoms with E-state index in [0.29, 0.717) is 16.8 Å². The quantitative estimate of drug-likeness (QED) is 0.551. The van der Waals surface area contributed by atoms with Gasteiger partial charge in [0.1, 0.15) is 6.04 Å². The molecule has 6 nitrogen and oxygen atoms in total. The molecule has 4 aromatic rings. The SMILES string of the molecule is Cn1ccc2cc(NC(=O)[C@@H](NC(=O)c3cccnc3)c3ccccc3)ccc21. The molecule has 4 rings (SSSR count). The Hall–Kier alpha value is -3.93. The fraction of sp³-hybridized carbons (Fsp3) is 0.0870. The van der Waals surface area contributed by atoms with Crippen molar-refractivity contribution in [2.24, 2.45) is 7.05 Å². The van der Waals surface area contributed by atoms with Gasteiger partial charge >= 0.3 is 0 Å². The number of carbonyl (C=O) groups excluding carboxylic acids is 2. The normalized spacial score (nSPS) is 11.8. The van der Waals surface area contributed by atoms with Crippen molar-refractivity contribution in [3.05, 3.63) is 96.4 Å². The zero-order valence-corrected chi connectivity index (χ0v) is 15.9. The third-order valence-corrected chi connectivity index (χ3v) is 4.75. The minimum atomic E-state index is -0.838. The van der Waals surface area contributed by atoms with Crippen molar-refractivity contribution in [2.75, 3.05) is 5.32 Å². The second-order valence-corrected chi connectivity index (χ2v) is 6.75. The second kappa shape index (κ2) is 7.98. The Balaban J connectivity index is 1.59. The maximum Gasteiger partial charge on any atom is 0.253 e. The average molecular weight is 384 g/mol. The molecule has 0 saturated carbocycles. The first-order valence-electron chi connectivity index (χ1n) is 9.23. The molecule has 0 bridgehead atoms. The number of carbonyl (C=O) groups is 2. The van der Waals surface area contributed by atoms with Crippen molar-refractivity contribution in [3.8, 4) is 0 Å². The fourth-order valence-electron chi connectivity index (χ4n) is 3.23. The Kier molecular flexibility index (Phi) is 5.07. The summed E-state index contributed by atoms with van der Waals surface area (Å²) < 4.78 is 2.02. The largest absolute Gasteiger partial charge is 0.351 e. The molecule has 0 fully saturated rings. The smallest absolute Gasteiger partial charge is 0.253 e. The van der Waals surface area contributed by atoms with Crippen molar-refractivity contribution >= 4 is 28.4 Å². The predicted molar refractivity (Wildman–Crippen MR) is 112 cm³/mol. The summed E-state index contributed by atoms with van der Waals surface area (Å²) in [5.74, 6) is -0.677. The summed E-state index contributed by atoms with van der Waals surface area (Å²) in [6.07, 6.45) is 5.04. The van der Waals surface area contributed by atoms with Gasteiger partial charge in [0.25, 0.3) is 11.8 Å². The highest BCUT2D eigenvalue weighted by Gasteiger charge is 2.23. The zero-order chi connectivity index (χ0) is 20.2. The number of hydrogen-bond acceptors (Lipinski definition) is 3. The first kappa shape index (κ1) is 18.4. The van der Waals surface area contributed by atoms with Gasteiger partial charge in [0.2, 0.25) is 0 Å². The molecule has 144 valence electrons. The Bertz CT molecular complexity index is 1150. The van der Waals surface area contributed by atoms with Crippen molar-refractivity contribution in [1.29, 1.82) is 0 Å². The van der Waals surface area contributed by atoms with Crippen LogP contribution in [-0.2, 0) is 11.8 Å². The fourth-order valence-corrected chi connectivity index (χ4v) is 3.23.